The molecule has 5 heteroatoms. The lowest BCUT2D eigenvalue weighted by Crippen LogP contribution is -2.41. The fourth-order valence-electron chi connectivity index (χ4n) is 2.28. The Labute approximate surface area is 125 Å². The summed E-state index contributed by atoms with van der Waals surface area (Å²) in [4.78, 5) is 26.0. The maximum absolute atomic E-state index is 12.3. The van der Waals surface area contributed by atoms with Gasteiger partial charge in [-0.05, 0) is 43.9 Å². The Morgan fingerprint density at radius 3 is 2.62 bits per heavy atom. The van der Waals surface area contributed by atoms with Crippen molar-refractivity contribution in [2.45, 2.75) is 25.8 Å². The van der Waals surface area contributed by atoms with Gasteiger partial charge in [0.2, 0.25) is 0 Å². The van der Waals surface area contributed by atoms with Crippen LogP contribution in [0.15, 0.2) is 24.3 Å². The first-order chi connectivity index (χ1) is 10.1. The number of nitrogens with one attached hydrogen (secondary N) is 1. The van der Waals surface area contributed by atoms with E-state index in [1.54, 1.807) is 36.2 Å². The zero-order valence-electron chi connectivity index (χ0n) is 12.6. The fourth-order valence-corrected chi connectivity index (χ4v) is 2.28. The maximum atomic E-state index is 12.3. The van der Waals surface area contributed by atoms with Crippen molar-refractivity contribution in [3.63, 3.8) is 0 Å². The third-order valence-electron chi connectivity index (χ3n) is 3.95. The molecule has 2 amide bonds. The van der Waals surface area contributed by atoms with Crippen LogP contribution in [0.2, 0.25) is 0 Å². The standard InChI is InChI=1S/C16H23N3O2/c1-3-19(2)16(21)13-6-4-5-12(9-13)15(20)18-14(10-17)11-7-8-11/h4-6,9,11,14H,3,7-8,10,17H2,1-2H3,(H,18,20). The molecule has 1 aromatic carbocycles. The van der Waals surface area contributed by atoms with E-state index in [0.29, 0.717) is 30.1 Å². The van der Waals surface area contributed by atoms with E-state index in [1.807, 2.05) is 6.92 Å². The van der Waals surface area contributed by atoms with Crippen LogP contribution in [-0.2, 0) is 0 Å². The summed E-state index contributed by atoms with van der Waals surface area (Å²) in [5, 5.41) is 2.97. The van der Waals surface area contributed by atoms with E-state index in [2.05, 4.69) is 5.32 Å². The van der Waals surface area contributed by atoms with E-state index in [-0.39, 0.29) is 17.9 Å². The van der Waals surface area contributed by atoms with E-state index in [1.165, 1.54) is 0 Å². The first-order valence-electron chi connectivity index (χ1n) is 7.43. The lowest BCUT2D eigenvalue weighted by atomic mass is 10.1. The third kappa shape index (κ3) is 3.82. The Morgan fingerprint density at radius 2 is 2.05 bits per heavy atom. The van der Waals surface area contributed by atoms with Crippen LogP contribution in [0, 0.1) is 5.92 Å². The van der Waals surface area contributed by atoms with Gasteiger partial charge in [0.05, 0.1) is 0 Å². The van der Waals surface area contributed by atoms with Crippen LogP contribution < -0.4 is 11.1 Å². The molecule has 0 saturated heterocycles. The molecule has 1 fully saturated rings. The van der Waals surface area contributed by atoms with E-state index in [0.717, 1.165) is 12.8 Å². The van der Waals surface area contributed by atoms with Gasteiger partial charge in [-0.15, -0.1) is 0 Å². The minimum absolute atomic E-state index is 0.0372. The highest BCUT2D eigenvalue weighted by Gasteiger charge is 2.31. The van der Waals surface area contributed by atoms with Crippen molar-refractivity contribution in [3.8, 4) is 0 Å². The summed E-state index contributed by atoms with van der Waals surface area (Å²) in [5.41, 5.74) is 6.73. The second-order valence-electron chi connectivity index (χ2n) is 5.55. The molecule has 1 saturated carbocycles. The second-order valence-corrected chi connectivity index (χ2v) is 5.55. The number of nitrogens with zero attached hydrogens (tertiary/aromatic N) is 1. The molecule has 2 rings (SSSR count). The Hall–Kier alpha value is -1.88. The van der Waals surface area contributed by atoms with Crippen LogP contribution in [0.1, 0.15) is 40.5 Å². The van der Waals surface area contributed by atoms with Crippen LogP contribution in [0.3, 0.4) is 0 Å². The van der Waals surface area contributed by atoms with Gasteiger partial charge in [0, 0.05) is 37.3 Å². The van der Waals surface area contributed by atoms with Crippen LogP contribution in [0.5, 0.6) is 0 Å². The number of nitrogens with two attached hydrogens (primary N) is 1. The minimum atomic E-state index is -0.161. The highest BCUT2D eigenvalue weighted by Crippen LogP contribution is 2.32. The molecule has 0 radical (unpaired) electrons. The third-order valence-corrected chi connectivity index (χ3v) is 3.95. The normalized spacial score (nSPS) is 15.4. The molecule has 0 heterocycles. The quantitative estimate of drug-likeness (QED) is 0.827. The van der Waals surface area contributed by atoms with E-state index < -0.39 is 0 Å². The molecule has 0 aromatic heterocycles. The molecule has 1 aromatic rings. The van der Waals surface area contributed by atoms with Gasteiger partial charge in [0.1, 0.15) is 0 Å². The van der Waals surface area contributed by atoms with Crippen LogP contribution >= 0.6 is 0 Å². The molecule has 1 atom stereocenters. The van der Waals surface area contributed by atoms with Crippen LogP contribution in [-0.4, -0.2) is 42.9 Å². The van der Waals surface area contributed by atoms with Gasteiger partial charge in [-0.25, -0.2) is 0 Å². The van der Waals surface area contributed by atoms with Crippen molar-refractivity contribution in [2.75, 3.05) is 20.1 Å². The van der Waals surface area contributed by atoms with Gasteiger partial charge in [0.15, 0.2) is 0 Å². The number of benzene rings is 1. The summed E-state index contributed by atoms with van der Waals surface area (Å²) >= 11 is 0. The Kier molecular flexibility index (Phi) is 4.96. The number of hydrogen-bond donors (Lipinski definition) is 2. The largest absolute Gasteiger partial charge is 0.348 e. The van der Waals surface area contributed by atoms with Crippen LogP contribution in [0.4, 0.5) is 0 Å². The number of carbonyl (C=O) groups excluding carboxylic acids is 2. The Balaban J connectivity index is 2.09. The molecule has 1 unspecified atom stereocenters. The van der Waals surface area contributed by atoms with E-state index in [4.69, 9.17) is 5.73 Å². The van der Waals surface area contributed by atoms with Gasteiger partial charge in [0.25, 0.3) is 11.8 Å². The monoisotopic (exact) mass is 289 g/mol. The van der Waals surface area contributed by atoms with Crippen molar-refractivity contribution >= 4 is 11.8 Å². The first-order valence-corrected chi connectivity index (χ1v) is 7.43. The molecule has 3 N–H and O–H groups in total. The minimum Gasteiger partial charge on any atom is -0.348 e. The summed E-state index contributed by atoms with van der Waals surface area (Å²) in [5.74, 6) is 0.269. The lowest BCUT2D eigenvalue weighted by molar-refractivity contribution is 0.0802. The number of carbonyl (C=O) groups is 2. The summed E-state index contributed by atoms with van der Waals surface area (Å²) in [6.07, 6.45) is 2.25. The summed E-state index contributed by atoms with van der Waals surface area (Å²) in [6.45, 7) is 3.00. The van der Waals surface area contributed by atoms with E-state index >= 15 is 0 Å². The number of amides is 2. The Bertz CT molecular complexity index is 526. The molecule has 114 valence electrons. The molecular formula is C16H23N3O2. The van der Waals surface area contributed by atoms with Crippen molar-refractivity contribution < 1.29 is 9.59 Å². The number of hydrogen-bond acceptors (Lipinski definition) is 3. The smallest absolute Gasteiger partial charge is 0.253 e. The van der Waals surface area contributed by atoms with Crippen molar-refractivity contribution in [3.05, 3.63) is 35.4 Å². The first kappa shape index (κ1) is 15.5. The SMILES string of the molecule is CCN(C)C(=O)c1cccc(C(=O)NC(CN)C2CC2)c1. The molecule has 0 aliphatic heterocycles. The Morgan fingerprint density at radius 1 is 1.38 bits per heavy atom. The molecule has 21 heavy (non-hydrogen) atoms. The highest BCUT2D eigenvalue weighted by atomic mass is 16.2. The van der Waals surface area contributed by atoms with Crippen molar-refractivity contribution in [1.29, 1.82) is 0 Å². The summed E-state index contributed by atoms with van der Waals surface area (Å²) in [7, 11) is 1.74. The second kappa shape index (κ2) is 6.72. The number of rotatable bonds is 6. The van der Waals surface area contributed by atoms with Crippen molar-refractivity contribution in [2.24, 2.45) is 11.7 Å². The molecule has 1 aliphatic carbocycles. The summed E-state index contributed by atoms with van der Waals surface area (Å²) in [6, 6.07) is 6.87. The van der Waals surface area contributed by atoms with Gasteiger partial charge in [-0.1, -0.05) is 6.07 Å². The predicted molar refractivity (Wildman–Crippen MR) is 82.1 cm³/mol. The topological polar surface area (TPSA) is 75.4 Å². The van der Waals surface area contributed by atoms with Crippen LogP contribution in [0.25, 0.3) is 0 Å². The molecule has 0 spiro atoms. The maximum Gasteiger partial charge on any atom is 0.253 e. The van der Waals surface area contributed by atoms with Gasteiger partial charge in [-0.2, -0.15) is 0 Å². The van der Waals surface area contributed by atoms with Gasteiger partial charge < -0.3 is 16.0 Å². The average Bonchev–Trinajstić information content (AvgIpc) is 3.35. The molecule has 0 bridgehead atoms. The van der Waals surface area contributed by atoms with Gasteiger partial charge in [-0.3, -0.25) is 9.59 Å². The fraction of sp³-hybridized carbons (Fsp3) is 0.500. The van der Waals surface area contributed by atoms with E-state index in [9.17, 15) is 9.59 Å². The summed E-state index contributed by atoms with van der Waals surface area (Å²) < 4.78 is 0. The zero-order chi connectivity index (χ0) is 15.4. The highest BCUT2D eigenvalue weighted by molar-refractivity contribution is 5.99. The predicted octanol–water partition coefficient (Wildman–Crippen LogP) is 1.25. The van der Waals surface area contributed by atoms with Gasteiger partial charge >= 0.3 is 0 Å². The molecule has 5 nitrogen and oxygen atoms in total. The average molecular weight is 289 g/mol. The lowest BCUT2D eigenvalue weighted by Gasteiger charge is -2.17. The molecular weight excluding hydrogens is 266 g/mol. The molecule has 1 aliphatic rings. The van der Waals surface area contributed by atoms with Crippen molar-refractivity contribution in [1.82, 2.24) is 10.2 Å². The zero-order valence-corrected chi connectivity index (χ0v) is 12.6.